The molecule has 39 heavy (non-hydrogen) atoms. The van der Waals surface area contributed by atoms with Crippen molar-refractivity contribution in [3.05, 3.63) is 88.9 Å². The summed E-state index contributed by atoms with van der Waals surface area (Å²) in [5.41, 5.74) is 5.39. The molecule has 0 aliphatic carbocycles. The maximum Gasteiger partial charge on any atom is 0.276 e. The lowest BCUT2D eigenvalue weighted by Gasteiger charge is -2.22. The zero-order valence-corrected chi connectivity index (χ0v) is 22.4. The van der Waals surface area contributed by atoms with Crippen LogP contribution in [0.4, 0.5) is 5.69 Å². The average molecular weight is 553 g/mol. The first kappa shape index (κ1) is 29.0. The van der Waals surface area contributed by atoms with Crippen molar-refractivity contribution in [3.63, 3.8) is 0 Å². The quantitative estimate of drug-likeness (QED) is 0.284. The monoisotopic (exact) mass is 552 g/mol. The molecule has 0 saturated heterocycles. The molecule has 0 spiro atoms. The van der Waals surface area contributed by atoms with E-state index in [2.05, 4.69) is 21.5 Å². The summed E-state index contributed by atoms with van der Waals surface area (Å²) in [7, 11) is 1.53. The highest BCUT2D eigenvalue weighted by Crippen LogP contribution is 2.19. The van der Waals surface area contributed by atoms with E-state index in [1.165, 1.54) is 13.2 Å². The number of para-hydroxylation sites is 1. The molecule has 4 N–H and O–H groups in total. The minimum absolute atomic E-state index is 0.165. The third-order valence-corrected chi connectivity index (χ3v) is 5.77. The number of nitrogens with one attached hydrogen (secondary N) is 4. The summed E-state index contributed by atoms with van der Waals surface area (Å²) in [5, 5.41) is 5.93. The van der Waals surface area contributed by atoms with E-state index in [0.29, 0.717) is 22.1 Å². The van der Waals surface area contributed by atoms with Crippen LogP contribution in [0.3, 0.4) is 0 Å². The van der Waals surface area contributed by atoms with Crippen molar-refractivity contribution < 1.29 is 28.7 Å². The fourth-order valence-corrected chi connectivity index (χ4v) is 3.53. The summed E-state index contributed by atoms with van der Waals surface area (Å²) in [4.78, 5) is 50.8. The molecule has 4 amide bonds. The Morgan fingerprint density at radius 2 is 1.46 bits per heavy atom. The van der Waals surface area contributed by atoms with Crippen LogP contribution in [0.1, 0.15) is 34.6 Å². The van der Waals surface area contributed by atoms with Gasteiger partial charge in [-0.1, -0.05) is 37.6 Å². The Morgan fingerprint density at radius 3 is 2.10 bits per heavy atom. The number of amides is 4. The number of carbonyl (C=O) groups is 4. The Bertz CT molecular complexity index is 1310. The minimum Gasteiger partial charge on any atom is -0.497 e. The van der Waals surface area contributed by atoms with E-state index in [1.807, 2.05) is 0 Å². The van der Waals surface area contributed by atoms with Gasteiger partial charge in [-0.15, -0.1) is 0 Å². The molecule has 0 fully saturated rings. The summed E-state index contributed by atoms with van der Waals surface area (Å²) < 4.78 is 10.4. The SMILES string of the molecule is COc1ccc(C(=O)Nc2ccccc2C(=O)NC(C(=O)NNC(=O)COc2ccc(Cl)cc2)C(C)C)cc1. The van der Waals surface area contributed by atoms with Gasteiger partial charge in [0.1, 0.15) is 17.5 Å². The zero-order chi connectivity index (χ0) is 28.4. The summed E-state index contributed by atoms with van der Waals surface area (Å²) in [5.74, 6) is -1.50. The van der Waals surface area contributed by atoms with Crippen LogP contribution in [0.25, 0.3) is 0 Å². The van der Waals surface area contributed by atoms with Gasteiger partial charge in [0.2, 0.25) is 0 Å². The lowest BCUT2D eigenvalue weighted by Crippen LogP contribution is -2.55. The van der Waals surface area contributed by atoms with Crippen LogP contribution in [0.5, 0.6) is 11.5 Å². The lowest BCUT2D eigenvalue weighted by molar-refractivity contribution is -0.131. The molecule has 0 aliphatic heterocycles. The van der Waals surface area contributed by atoms with Gasteiger partial charge in [-0.2, -0.15) is 0 Å². The number of benzene rings is 3. The first-order valence-electron chi connectivity index (χ1n) is 12.0. The Balaban J connectivity index is 1.59. The second kappa shape index (κ2) is 13.8. The van der Waals surface area contributed by atoms with Crippen molar-refractivity contribution >= 4 is 40.9 Å². The topological polar surface area (TPSA) is 135 Å². The summed E-state index contributed by atoms with van der Waals surface area (Å²) in [6.45, 7) is 3.14. The molecule has 0 bridgehead atoms. The summed E-state index contributed by atoms with van der Waals surface area (Å²) in [6, 6.07) is 18.4. The molecule has 3 aromatic rings. The van der Waals surface area contributed by atoms with E-state index in [-0.39, 0.29) is 23.8 Å². The molecule has 1 unspecified atom stereocenters. The summed E-state index contributed by atoms with van der Waals surface area (Å²) >= 11 is 5.82. The fraction of sp³-hybridized carbons (Fsp3) is 0.214. The molecular formula is C28H29ClN4O6. The lowest BCUT2D eigenvalue weighted by atomic mass is 10.0. The zero-order valence-electron chi connectivity index (χ0n) is 21.6. The molecular weight excluding hydrogens is 524 g/mol. The van der Waals surface area contributed by atoms with Crippen LogP contribution in [0.2, 0.25) is 5.02 Å². The molecule has 0 radical (unpaired) electrons. The number of methoxy groups -OCH3 is 1. The van der Waals surface area contributed by atoms with Gasteiger partial charge < -0.3 is 20.1 Å². The Labute approximate surface area is 231 Å². The number of anilines is 1. The minimum atomic E-state index is -0.986. The molecule has 204 valence electrons. The number of carbonyl (C=O) groups excluding carboxylic acids is 4. The predicted octanol–water partition coefficient (Wildman–Crippen LogP) is 3.58. The number of halogens is 1. The Hall–Kier alpha value is -4.57. The smallest absolute Gasteiger partial charge is 0.276 e. The molecule has 1 atom stereocenters. The van der Waals surface area contributed by atoms with Gasteiger partial charge in [-0.25, -0.2) is 0 Å². The second-order valence-electron chi connectivity index (χ2n) is 8.70. The number of hydrogen-bond acceptors (Lipinski definition) is 6. The van der Waals surface area contributed by atoms with Crippen LogP contribution in [0, 0.1) is 5.92 Å². The van der Waals surface area contributed by atoms with Crippen molar-refractivity contribution in [2.75, 3.05) is 19.0 Å². The highest BCUT2D eigenvalue weighted by Gasteiger charge is 2.26. The molecule has 0 heterocycles. The standard InChI is InChI=1S/C28H29ClN4O6/c1-17(2)25(28(37)33-32-24(34)16-39-21-14-10-19(29)11-15-21)31-27(36)22-6-4-5-7-23(22)30-26(35)18-8-12-20(38-3)13-9-18/h4-15,17,25H,16H2,1-3H3,(H,30,35)(H,31,36)(H,32,34)(H,33,37). The van der Waals surface area contributed by atoms with Gasteiger partial charge in [-0.3, -0.25) is 30.0 Å². The first-order valence-corrected chi connectivity index (χ1v) is 12.4. The fourth-order valence-electron chi connectivity index (χ4n) is 3.41. The number of hydrazine groups is 1. The third-order valence-electron chi connectivity index (χ3n) is 5.52. The van der Waals surface area contributed by atoms with Crippen molar-refractivity contribution in [2.24, 2.45) is 5.92 Å². The van der Waals surface area contributed by atoms with Crippen molar-refractivity contribution in [1.29, 1.82) is 0 Å². The largest absolute Gasteiger partial charge is 0.497 e. The van der Waals surface area contributed by atoms with E-state index < -0.39 is 29.7 Å². The van der Waals surface area contributed by atoms with E-state index in [0.717, 1.165) is 0 Å². The molecule has 0 aliphatic rings. The molecule has 0 aromatic heterocycles. The van der Waals surface area contributed by atoms with Crippen LogP contribution in [0.15, 0.2) is 72.8 Å². The van der Waals surface area contributed by atoms with E-state index in [4.69, 9.17) is 21.1 Å². The average Bonchev–Trinajstić information content (AvgIpc) is 2.94. The van der Waals surface area contributed by atoms with Gasteiger partial charge in [0, 0.05) is 10.6 Å². The van der Waals surface area contributed by atoms with Gasteiger partial charge >= 0.3 is 0 Å². The van der Waals surface area contributed by atoms with Crippen molar-refractivity contribution in [2.45, 2.75) is 19.9 Å². The normalized spacial score (nSPS) is 11.2. The van der Waals surface area contributed by atoms with Crippen LogP contribution in [-0.4, -0.2) is 43.4 Å². The maximum atomic E-state index is 13.1. The first-order chi connectivity index (χ1) is 18.7. The molecule has 0 saturated carbocycles. The van der Waals surface area contributed by atoms with E-state index in [1.54, 1.807) is 80.6 Å². The van der Waals surface area contributed by atoms with Gasteiger partial charge in [0.05, 0.1) is 18.4 Å². The summed E-state index contributed by atoms with van der Waals surface area (Å²) in [6.07, 6.45) is 0. The van der Waals surface area contributed by atoms with Crippen LogP contribution in [-0.2, 0) is 9.59 Å². The van der Waals surface area contributed by atoms with E-state index in [9.17, 15) is 19.2 Å². The van der Waals surface area contributed by atoms with E-state index >= 15 is 0 Å². The molecule has 11 heteroatoms. The molecule has 3 aromatic carbocycles. The second-order valence-corrected chi connectivity index (χ2v) is 9.14. The number of rotatable bonds is 10. The highest BCUT2D eigenvalue weighted by molar-refractivity contribution is 6.30. The number of ether oxygens (including phenoxy) is 2. The Kier molecular flexibility index (Phi) is 10.3. The van der Waals surface area contributed by atoms with Gasteiger partial charge in [0.15, 0.2) is 6.61 Å². The molecule has 10 nitrogen and oxygen atoms in total. The van der Waals surface area contributed by atoms with Crippen molar-refractivity contribution in [1.82, 2.24) is 16.2 Å². The highest BCUT2D eigenvalue weighted by atomic mass is 35.5. The van der Waals surface area contributed by atoms with Crippen LogP contribution >= 0.6 is 11.6 Å². The number of hydrogen-bond donors (Lipinski definition) is 4. The van der Waals surface area contributed by atoms with Crippen LogP contribution < -0.4 is 31.0 Å². The molecule has 3 rings (SSSR count). The maximum absolute atomic E-state index is 13.1. The predicted molar refractivity (Wildman–Crippen MR) is 147 cm³/mol. The van der Waals surface area contributed by atoms with Gasteiger partial charge in [0.25, 0.3) is 23.6 Å². The van der Waals surface area contributed by atoms with Gasteiger partial charge in [-0.05, 0) is 66.6 Å². The van der Waals surface area contributed by atoms with Crippen molar-refractivity contribution in [3.8, 4) is 11.5 Å². The third kappa shape index (κ3) is 8.47. The Morgan fingerprint density at radius 1 is 0.821 bits per heavy atom.